The molecule has 2 aromatic rings. The van der Waals surface area contributed by atoms with Gasteiger partial charge in [-0.05, 0) is 56.4 Å². The first kappa shape index (κ1) is 23.3. The quantitative estimate of drug-likeness (QED) is 0.611. The average Bonchev–Trinajstić information content (AvgIpc) is 2.78. The van der Waals surface area contributed by atoms with Crippen LogP contribution in [0.1, 0.15) is 61.4 Å². The van der Waals surface area contributed by atoms with Crippen LogP contribution in [0.15, 0.2) is 53.4 Å². The number of hydrogen-bond donors (Lipinski definition) is 2. The van der Waals surface area contributed by atoms with E-state index in [9.17, 15) is 13.2 Å². The Kier molecular flexibility index (Phi) is 8.09. The summed E-state index contributed by atoms with van der Waals surface area (Å²) in [5.41, 5.74) is 1.52. The number of aryl methyl sites for hydroxylation is 1. The van der Waals surface area contributed by atoms with Crippen molar-refractivity contribution in [2.24, 2.45) is 0 Å². The maximum absolute atomic E-state index is 13.0. The van der Waals surface area contributed by atoms with Gasteiger partial charge in [-0.1, -0.05) is 49.6 Å². The molecule has 0 radical (unpaired) electrons. The summed E-state index contributed by atoms with van der Waals surface area (Å²) < 4.78 is 34.1. The summed E-state index contributed by atoms with van der Waals surface area (Å²) in [7, 11) is -2.36. The molecular weight excluding hydrogens is 412 g/mol. The molecule has 1 atom stereocenters. The summed E-state index contributed by atoms with van der Waals surface area (Å²) in [6, 6.07) is 14.5. The number of benzene rings is 2. The summed E-state index contributed by atoms with van der Waals surface area (Å²) in [6.07, 6.45) is 6.50. The molecule has 0 unspecified atom stereocenters. The molecule has 0 saturated heterocycles. The third-order valence-electron chi connectivity index (χ3n) is 5.73. The Balaban J connectivity index is 1.69. The third kappa shape index (κ3) is 6.55. The molecule has 0 aromatic heterocycles. The maximum atomic E-state index is 13.0. The SMILES string of the molecule is COc1ccc(C(=O)N[C@H](C)CCc2ccccc2)cc1S(=O)(=O)NC1CCCCC1. The van der Waals surface area contributed by atoms with Gasteiger partial charge in [-0.2, -0.15) is 0 Å². The molecule has 0 spiro atoms. The van der Waals surface area contributed by atoms with E-state index in [1.54, 1.807) is 12.1 Å². The smallest absolute Gasteiger partial charge is 0.251 e. The second kappa shape index (κ2) is 10.8. The number of ether oxygens (including phenoxy) is 1. The lowest BCUT2D eigenvalue weighted by Crippen LogP contribution is -2.36. The lowest BCUT2D eigenvalue weighted by molar-refractivity contribution is 0.0938. The number of rotatable bonds is 9. The minimum Gasteiger partial charge on any atom is -0.495 e. The Morgan fingerprint density at radius 3 is 2.48 bits per heavy atom. The second-order valence-corrected chi connectivity index (χ2v) is 9.90. The number of hydrogen-bond acceptors (Lipinski definition) is 4. The molecule has 1 aliphatic carbocycles. The molecule has 2 N–H and O–H groups in total. The van der Waals surface area contributed by atoms with E-state index in [0.717, 1.165) is 44.9 Å². The van der Waals surface area contributed by atoms with Gasteiger partial charge in [-0.3, -0.25) is 4.79 Å². The third-order valence-corrected chi connectivity index (χ3v) is 7.27. The maximum Gasteiger partial charge on any atom is 0.251 e. The summed E-state index contributed by atoms with van der Waals surface area (Å²) in [5, 5.41) is 2.97. The number of sulfonamides is 1. The lowest BCUT2D eigenvalue weighted by Gasteiger charge is -2.23. The van der Waals surface area contributed by atoms with Crippen LogP contribution in [-0.4, -0.2) is 33.5 Å². The van der Waals surface area contributed by atoms with Gasteiger partial charge in [0.05, 0.1) is 7.11 Å². The van der Waals surface area contributed by atoms with Crippen molar-refractivity contribution < 1.29 is 17.9 Å². The molecule has 2 aromatic carbocycles. The van der Waals surface area contributed by atoms with Crippen LogP contribution in [0.4, 0.5) is 0 Å². The van der Waals surface area contributed by atoms with Crippen molar-refractivity contribution in [3.8, 4) is 5.75 Å². The predicted octanol–water partition coefficient (Wildman–Crippen LogP) is 4.06. The molecule has 1 aliphatic rings. The number of methoxy groups -OCH3 is 1. The topological polar surface area (TPSA) is 84.5 Å². The van der Waals surface area contributed by atoms with Gasteiger partial charge in [0.15, 0.2) is 0 Å². The van der Waals surface area contributed by atoms with E-state index in [2.05, 4.69) is 22.2 Å². The molecule has 6 nitrogen and oxygen atoms in total. The number of carbonyl (C=O) groups excluding carboxylic acids is 1. The molecule has 31 heavy (non-hydrogen) atoms. The molecule has 1 saturated carbocycles. The molecule has 0 bridgehead atoms. The molecule has 0 aliphatic heterocycles. The first-order valence-corrected chi connectivity index (χ1v) is 12.4. The van der Waals surface area contributed by atoms with Crippen molar-refractivity contribution in [3.05, 3.63) is 59.7 Å². The van der Waals surface area contributed by atoms with Crippen LogP contribution < -0.4 is 14.8 Å². The molecular formula is C24H32N2O4S. The van der Waals surface area contributed by atoms with Crippen LogP contribution in [-0.2, 0) is 16.4 Å². The van der Waals surface area contributed by atoms with Crippen molar-refractivity contribution >= 4 is 15.9 Å². The second-order valence-electron chi connectivity index (χ2n) is 8.22. The lowest BCUT2D eigenvalue weighted by atomic mass is 9.96. The van der Waals surface area contributed by atoms with Crippen molar-refractivity contribution in [2.45, 2.75) is 68.8 Å². The van der Waals surface area contributed by atoms with E-state index < -0.39 is 10.0 Å². The Labute approximate surface area is 185 Å². The summed E-state index contributed by atoms with van der Waals surface area (Å²) >= 11 is 0. The molecule has 3 rings (SSSR count). The first-order chi connectivity index (χ1) is 14.9. The minimum absolute atomic E-state index is 0.00478. The van der Waals surface area contributed by atoms with Crippen LogP contribution in [0.5, 0.6) is 5.75 Å². The monoisotopic (exact) mass is 444 g/mol. The zero-order chi connectivity index (χ0) is 22.3. The predicted molar refractivity (Wildman–Crippen MR) is 122 cm³/mol. The van der Waals surface area contributed by atoms with Crippen LogP contribution in [0.2, 0.25) is 0 Å². The van der Waals surface area contributed by atoms with E-state index in [4.69, 9.17) is 4.74 Å². The van der Waals surface area contributed by atoms with E-state index in [-0.39, 0.29) is 28.6 Å². The highest BCUT2D eigenvalue weighted by Crippen LogP contribution is 2.27. The van der Waals surface area contributed by atoms with Gasteiger partial charge in [-0.15, -0.1) is 0 Å². The minimum atomic E-state index is -3.79. The van der Waals surface area contributed by atoms with E-state index >= 15 is 0 Å². The standard InChI is InChI=1S/C24H32N2O4S/c1-18(13-14-19-9-5-3-6-10-19)25-24(27)20-15-16-22(30-2)23(17-20)31(28,29)26-21-11-7-4-8-12-21/h3,5-6,9-10,15-18,21,26H,4,7-8,11-14H2,1-2H3,(H,25,27)/t18-/m1/s1. The Hall–Kier alpha value is -2.38. The van der Waals surface area contributed by atoms with Crippen LogP contribution in [0.3, 0.4) is 0 Å². The van der Waals surface area contributed by atoms with E-state index in [1.807, 2.05) is 25.1 Å². The average molecular weight is 445 g/mol. The largest absolute Gasteiger partial charge is 0.495 e. The van der Waals surface area contributed by atoms with Crippen molar-refractivity contribution in [2.75, 3.05) is 7.11 Å². The highest BCUT2D eigenvalue weighted by Gasteiger charge is 2.26. The van der Waals surface area contributed by atoms with E-state index in [1.165, 1.54) is 18.7 Å². The van der Waals surface area contributed by atoms with Gasteiger partial charge in [0.1, 0.15) is 10.6 Å². The van der Waals surface area contributed by atoms with E-state index in [0.29, 0.717) is 5.56 Å². The fourth-order valence-electron chi connectivity index (χ4n) is 3.94. The van der Waals surface area contributed by atoms with Crippen LogP contribution in [0, 0.1) is 0 Å². The molecule has 1 amide bonds. The Morgan fingerprint density at radius 1 is 1.10 bits per heavy atom. The molecule has 7 heteroatoms. The van der Waals surface area contributed by atoms with Gasteiger partial charge in [0, 0.05) is 17.6 Å². The normalized spacial score (nSPS) is 15.9. The Bertz CT molecular complexity index is 970. The van der Waals surface area contributed by atoms with Crippen LogP contribution >= 0.6 is 0 Å². The van der Waals surface area contributed by atoms with Gasteiger partial charge in [0.2, 0.25) is 10.0 Å². The van der Waals surface area contributed by atoms with Gasteiger partial charge in [0.25, 0.3) is 5.91 Å². The van der Waals surface area contributed by atoms with Gasteiger partial charge >= 0.3 is 0 Å². The molecule has 168 valence electrons. The highest BCUT2D eigenvalue weighted by molar-refractivity contribution is 7.89. The fourth-order valence-corrected chi connectivity index (χ4v) is 5.44. The number of carbonyl (C=O) groups is 1. The summed E-state index contributed by atoms with van der Waals surface area (Å²) in [5.74, 6) is -0.0608. The highest BCUT2D eigenvalue weighted by atomic mass is 32.2. The molecule has 1 fully saturated rings. The first-order valence-electron chi connectivity index (χ1n) is 10.9. The molecule has 0 heterocycles. The fraction of sp³-hybridized carbons (Fsp3) is 0.458. The van der Waals surface area contributed by atoms with Crippen molar-refractivity contribution in [3.63, 3.8) is 0 Å². The zero-order valence-corrected chi connectivity index (χ0v) is 19.1. The zero-order valence-electron chi connectivity index (χ0n) is 18.3. The van der Waals surface area contributed by atoms with Crippen molar-refractivity contribution in [1.82, 2.24) is 10.0 Å². The van der Waals surface area contributed by atoms with Gasteiger partial charge < -0.3 is 10.1 Å². The number of amides is 1. The van der Waals surface area contributed by atoms with Gasteiger partial charge in [-0.25, -0.2) is 13.1 Å². The van der Waals surface area contributed by atoms with Crippen LogP contribution in [0.25, 0.3) is 0 Å². The summed E-state index contributed by atoms with van der Waals surface area (Å²) in [4.78, 5) is 12.8. The van der Waals surface area contributed by atoms with Crippen molar-refractivity contribution in [1.29, 1.82) is 0 Å². The number of nitrogens with one attached hydrogen (secondary N) is 2. The Morgan fingerprint density at radius 2 is 1.81 bits per heavy atom. The summed E-state index contributed by atoms with van der Waals surface area (Å²) in [6.45, 7) is 1.95.